The number of nitrogens with one attached hydrogen (secondary N) is 2. The van der Waals surface area contributed by atoms with Crippen LogP contribution in [0.3, 0.4) is 0 Å². The molecule has 0 aliphatic carbocycles. The predicted octanol–water partition coefficient (Wildman–Crippen LogP) is 5.07. The highest BCUT2D eigenvalue weighted by molar-refractivity contribution is 7.92. The molecule has 2 N–H and O–H groups in total. The summed E-state index contributed by atoms with van der Waals surface area (Å²) in [7, 11) is -2.23. The Bertz CT molecular complexity index is 1520. The van der Waals surface area contributed by atoms with E-state index in [1.807, 2.05) is 30.3 Å². The number of sulfonamides is 1. The first kappa shape index (κ1) is 27.2. The molecule has 0 unspecified atom stereocenters. The third kappa shape index (κ3) is 6.80. The van der Waals surface area contributed by atoms with Crippen LogP contribution in [0, 0.1) is 0 Å². The van der Waals surface area contributed by atoms with Crippen molar-refractivity contribution in [1.82, 2.24) is 4.90 Å². The number of piperazine rings is 1. The van der Waals surface area contributed by atoms with Gasteiger partial charge in [-0.2, -0.15) is 0 Å². The van der Waals surface area contributed by atoms with Crippen LogP contribution in [-0.2, 0) is 16.6 Å². The van der Waals surface area contributed by atoms with Gasteiger partial charge in [0, 0.05) is 55.3 Å². The van der Waals surface area contributed by atoms with E-state index in [2.05, 4.69) is 44.1 Å². The maximum Gasteiger partial charge on any atom is 0.261 e. The molecule has 1 heterocycles. The molecule has 0 spiro atoms. The third-order valence-electron chi connectivity index (χ3n) is 6.88. The highest BCUT2D eigenvalue weighted by Crippen LogP contribution is 2.21. The molecule has 0 saturated carbocycles. The summed E-state index contributed by atoms with van der Waals surface area (Å²) in [5.74, 6) is 0.380. The number of amides is 1. The minimum absolute atomic E-state index is 0.0928. The molecule has 8 nitrogen and oxygen atoms in total. The van der Waals surface area contributed by atoms with Crippen LogP contribution in [0.4, 0.5) is 17.1 Å². The Hall–Kier alpha value is -4.34. The summed E-state index contributed by atoms with van der Waals surface area (Å²) >= 11 is 0. The Balaban J connectivity index is 1.13. The molecule has 40 heavy (non-hydrogen) atoms. The second-order valence-electron chi connectivity index (χ2n) is 9.61. The van der Waals surface area contributed by atoms with E-state index in [-0.39, 0.29) is 10.8 Å². The monoisotopic (exact) mass is 556 g/mol. The quantitative estimate of drug-likeness (QED) is 0.299. The van der Waals surface area contributed by atoms with Gasteiger partial charge in [-0.25, -0.2) is 8.42 Å². The molecule has 1 aliphatic heterocycles. The number of hydrogen-bond acceptors (Lipinski definition) is 6. The molecule has 1 aliphatic rings. The number of carbonyl (C=O) groups excluding carboxylic acids is 1. The molecule has 4 aromatic rings. The number of carbonyl (C=O) groups is 1. The molecule has 0 radical (unpaired) electrons. The number of para-hydroxylation sites is 1. The Kier molecular flexibility index (Phi) is 8.33. The van der Waals surface area contributed by atoms with Crippen molar-refractivity contribution in [3.05, 3.63) is 114 Å². The minimum atomic E-state index is -3.77. The largest absolute Gasteiger partial charge is 0.497 e. The topological polar surface area (TPSA) is 91.0 Å². The molecule has 0 aromatic heterocycles. The van der Waals surface area contributed by atoms with E-state index in [4.69, 9.17) is 4.74 Å². The van der Waals surface area contributed by atoms with Crippen LogP contribution in [0.5, 0.6) is 5.75 Å². The smallest absolute Gasteiger partial charge is 0.261 e. The maximum absolute atomic E-state index is 12.8. The van der Waals surface area contributed by atoms with Gasteiger partial charge in [0.25, 0.3) is 15.9 Å². The molecule has 1 saturated heterocycles. The highest BCUT2D eigenvalue weighted by Gasteiger charge is 2.18. The fourth-order valence-electron chi connectivity index (χ4n) is 4.62. The first-order chi connectivity index (χ1) is 19.4. The number of rotatable bonds is 9. The van der Waals surface area contributed by atoms with Crippen molar-refractivity contribution in [2.45, 2.75) is 11.4 Å². The van der Waals surface area contributed by atoms with Crippen LogP contribution in [0.25, 0.3) is 0 Å². The van der Waals surface area contributed by atoms with Gasteiger partial charge in [-0.05, 0) is 78.4 Å². The molecule has 0 atom stereocenters. The zero-order valence-corrected chi connectivity index (χ0v) is 23.1. The van der Waals surface area contributed by atoms with Crippen LogP contribution in [0.1, 0.15) is 15.9 Å². The Morgan fingerprint density at radius 1 is 0.775 bits per heavy atom. The van der Waals surface area contributed by atoms with Crippen LogP contribution < -0.4 is 19.7 Å². The molecule has 0 bridgehead atoms. The van der Waals surface area contributed by atoms with Gasteiger partial charge in [-0.3, -0.25) is 14.4 Å². The van der Waals surface area contributed by atoms with E-state index in [1.165, 1.54) is 17.8 Å². The Morgan fingerprint density at radius 3 is 2.02 bits per heavy atom. The summed E-state index contributed by atoms with van der Waals surface area (Å²) in [5, 5.41) is 2.84. The number of benzene rings is 4. The molecule has 206 valence electrons. The van der Waals surface area contributed by atoms with Gasteiger partial charge in [0.1, 0.15) is 5.75 Å². The number of nitrogens with zero attached hydrogens (tertiary/aromatic N) is 2. The fourth-order valence-corrected chi connectivity index (χ4v) is 5.68. The van der Waals surface area contributed by atoms with E-state index < -0.39 is 10.0 Å². The summed E-state index contributed by atoms with van der Waals surface area (Å²) in [4.78, 5) is 17.7. The van der Waals surface area contributed by atoms with E-state index >= 15 is 0 Å². The number of hydrogen-bond donors (Lipinski definition) is 2. The lowest BCUT2D eigenvalue weighted by Crippen LogP contribution is -2.45. The van der Waals surface area contributed by atoms with Gasteiger partial charge in [-0.15, -0.1) is 0 Å². The van der Waals surface area contributed by atoms with Gasteiger partial charge in [0.05, 0.1) is 12.0 Å². The molecule has 4 aromatic carbocycles. The lowest BCUT2D eigenvalue weighted by molar-refractivity contribution is 0.102. The predicted molar refractivity (Wildman–Crippen MR) is 159 cm³/mol. The SMILES string of the molecule is COc1ccc(NS(=O)(=O)c2ccc(NC(=O)c3ccc(CN4CCN(c5ccccc5)CC4)cc3)cc2)cc1. The van der Waals surface area contributed by atoms with Gasteiger partial charge in [0.15, 0.2) is 0 Å². The highest BCUT2D eigenvalue weighted by atomic mass is 32.2. The second-order valence-corrected chi connectivity index (χ2v) is 11.3. The number of methoxy groups -OCH3 is 1. The van der Waals surface area contributed by atoms with Gasteiger partial charge in [-0.1, -0.05) is 30.3 Å². The van der Waals surface area contributed by atoms with Gasteiger partial charge >= 0.3 is 0 Å². The van der Waals surface area contributed by atoms with Crippen LogP contribution in [-0.4, -0.2) is 52.5 Å². The van der Waals surface area contributed by atoms with Gasteiger partial charge < -0.3 is 15.0 Å². The maximum atomic E-state index is 12.8. The lowest BCUT2D eigenvalue weighted by atomic mass is 10.1. The molecule has 9 heteroatoms. The van der Waals surface area contributed by atoms with Crippen molar-refractivity contribution < 1.29 is 17.9 Å². The molecule has 5 rings (SSSR count). The summed E-state index contributed by atoms with van der Waals surface area (Å²) in [5.41, 5.74) is 3.89. The first-order valence-electron chi connectivity index (χ1n) is 13.1. The van der Waals surface area contributed by atoms with Crippen LogP contribution >= 0.6 is 0 Å². The number of anilines is 3. The van der Waals surface area contributed by atoms with Crippen molar-refractivity contribution in [2.75, 3.05) is 48.2 Å². The summed E-state index contributed by atoms with van der Waals surface area (Å²) in [6.07, 6.45) is 0. The minimum Gasteiger partial charge on any atom is -0.497 e. The van der Waals surface area contributed by atoms with Crippen molar-refractivity contribution >= 4 is 33.0 Å². The van der Waals surface area contributed by atoms with E-state index in [9.17, 15) is 13.2 Å². The van der Waals surface area contributed by atoms with Crippen LogP contribution in [0.2, 0.25) is 0 Å². The Morgan fingerprint density at radius 2 is 1.40 bits per heavy atom. The van der Waals surface area contributed by atoms with Crippen LogP contribution in [0.15, 0.2) is 108 Å². The second kappa shape index (κ2) is 12.2. The van der Waals surface area contributed by atoms with E-state index in [0.717, 1.165) is 38.3 Å². The molecular weight excluding hydrogens is 524 g/mol. The van der Waals surface area contributed by atoms with Crippen molar-refractivity contribution in [3.63, 3.8) is 0 Å². The zero-order chi connectivity index (χ0) is 28.0. The third-order valence-corrected chi connectivity index (χ3v) is 8.28. The summed E-state index contributed by atoms with van der Waals surface area (Å²) < 4.78 is 33.1. The summed E-state index contributed by atoms with van der Waals surface area (Å²) in [6.45, 7) is 4.78. The fraction of sp³-hybridized carbons (Fsp3) is 0.194. The molecule has 1 amide bonds. The standard InChI is InChI=1S/C31H32N4O4S/c1-39-29-15-11-27(12-16-29)33-40(37,38)30-17-13-26(14-18-30)32-31(36)25-9-7-24(8-10-25)23-34-19-21-35(22-20-34)28-5-3-2-4-6-28/h2-18,33H,19-23H2,1H3,(H,32,36). The Labute approximate surface area is 235 Å². The average molecular weight is 557 g/mol. The molecule has 1 fully saturated rings. The first-order valence-corrected chi connectivity index (χ1v) is 14.6. The van der Waals surface area contributed by atoms with E-state index in [1.54, 1.807) is 43.5 Å². The normalized spacial score (nSPS) is 14.0. The van der Waals surface area contributed by atoms with Crippen molar-refractivity contribution in [3.8, 4) is 5.75 Å². The van der Waals surface area contributed by atoms with E-state index in [0.29, 0.717) is 22.7 Å². The lowest BCUT2D eigenvalue weighted by Gasteiger charge is -2.36. The summed E-state index contributed by atoms with van der Waals surface area (Å²) in [6, 6.07) is 30.8. The zero-order valence-electron chi connectivity index (χ0n) is 22.3. The average Bonchev–Trinajstić information content (AvgIpc) is 2.99. The molecular formula is C31H32N4O4S. The number of ether oxygens (including phenoxy) is 1. The van der Waals surface area contributed by atoms with Gasteiger partial charge in [0.2, 0.25) is 0 Å². The van der Waals surface area contributed by atoms with Crippen molar-refractivity contribution in [2.24, 2.45) is 0 Å². The van der Waals surface area contributed by atoms with Crippen molar-refractivity contribution in [1.29, 1.82) is 0 Å².